The van der Waals surface area contributed by atoms with E-state index < -0.39 is 0 Å². The van der Waals surface area contributed by atoms with Crippen molar-refractivity contribution in [1.82, 2.24) is 15.0 Å². The Morgan fingerprint density at radius 3 is 3.00 bits per heavy atom. The number of nitrogens with two attached hydrogens (primary N) is 1. The first-order chi connectivity index (χ1) is 6.22. The minimum atomic E-state index is -0.115. The molecule has 0 radical (unpaired) electrons. The van der Waals surface area contributed by atoms with Gasteiger partial charge < -0.3 is 10.8 Å². The highest BCUT2D eigenvalue weighted by Crippen LogP contribution is 2.57. The minimum absolute atomic E-state index is 0.115. The van der Waals surface area contributed by atoms with Gasteiger partial charge in [0.05, 0.1) is 18.5 Å². The molecule has 0 bridgehead atoms. The first kappa shape index (κ1) is 8.65. The van der Waals surface area contributed by atoms with Crippen molar-refractivity contribution < 1.29 is 5.11 Å². The van der Waals surface area contributed by atoms with E-state index in [2.05, 4.69) is 10.2 Å². The van der Waals surface area contributed by atoms with Crippen LogP contribution in [-0.4, -0.2) is 33.3 Å². The maximum Gasteiger partial charge on any atom is 0.0865 e. The van der Waals surface area contributed by atoms with E-state index in [0.29, 0.717) is 12.5 Å². The van der Waals surface area contributed by atoms with Crippen LogP contribution in [0.1, 0.15) is 18.0 Å². The molecule has 72 valence electrons. The minimum Gasteiger partial charge on any atom is -0.396 e. The first-order valence-corrected chi connectivity index (χ1v) is 4.39. The van der Waals surface area contributed by atoms with E-state index in [1.165, 1.54) is 4.80 Å². The third-order valence-corrected chi connectivity index (χ3v) is 2.89. The van der Waals surface area contributed by atoms with Crippen LogP contribution >= 0.6 is 0 Å². The van der Waals surface area contributed by atoms with Crippen molar-refractivity contribution in [2.75, 3.05) is 13.2 Å². The lowest BCUT2D eigenvalue weighted by Gasteiger charge is -2.08. The zero-order valence-electron chi connectivity index (χ0n) is 7.64. The molecule has 1 saturated carbocycles. The molecule has 1 heterocycles. The predicted octanol–water partition coefficient (Wildman–Crippen LogP) is -0.760. The molecular formula is C8H14N4O. The van der Waals surface area contributed by atoms with Gasteiger partial charge in [0.25, 0.3) is 0 Å². The van der Waals surface area contributed by atoms with Gasteiger partial charge in [-0.05, 0) is 6.42 Å². The van der Waals surface area contributed by atoms with Gasteiger partial charge in [-0.25, -0.2) is 0 Å². The van der Waals surface area contributed by atoms with Gasteiger partial charge in [0.1, 0.15) is 0 Å². The smallest absolute Gasteiger partial charge is 0.0865 e. The van der Waals surface area contributed by atoms with Crippen LogP contribution < -0.4 is 5.73 Å². The SMILES string of the molecule is Cn1ncc(C2CC2(CN)CO)n1. The number of hydrogen-bond donors (Lipinski definition) is 2. The summed E-state index contributed by atoms with van der Waals surface area (Å²) < 4.78 is 0. The van der Waals surface area contributed by atoms with Gasteiger partial charge in [-0.2, -0.15) is 15.0 Å². The second-order valence-corrected chi connectivity index (χ2v) is 3.74. The molecule has 0 amide bonds. The van der Waals surface area contributed by atoms with Crippen molar-refractivity contribution in [3.63, 3.8) is 0 Å². The fraction of sp³-hybridized carbons (Fsp3) is 0.750. The molecule has 2 rings (SSSR count). The Kier molecular flexibility index (Phi) is 1.85. The predicted molar refractivity (Wildman–Crippen MR) is 46.9 cm³/mol. The molecule has 2 unspecified atom stereocenters. The quantitative estimate of drug-likeness (QED) is 0.644. The first-order valence-electron chi connectivity index (χ1n) is 4.39. The van der Waals surface area contributed by atoms with Crippen LogP contribution in [-0.2, 0) is 7.05 Å². The largest absolute Gasteiger partial charge is 0.396 e. The number of nitrogens with zero attached hydrogens (tertiary/aromatic N) is 3. The Labute approximate surface area is 76.5 Å². The Bertz CT molecular complexity index is 305. The lowest BCUT2D eigenvalue weighted by atomic mass is 10.0. The second-order valence-electron chi connectivity index (χ2n) is 3.74. The molecule has 0 aromatic carbocycles. The standard InChI is InChI=1S/C8H14N4O/c1-12-10-3-7(11-12)6-2-8(6,4-9)5-13/h3,6,13H,2,4-5,9H2,1H3. The normalized spacial score (nSPS) is 32.1. The van der Waals surface area contributed by atoms with E-state index in [0.717, 1.165) is 12.1 Å². The third kappa shape index (κ3) is 1.24. The van der Waals surface area contributed by atoms with Gasteiger partial charge in [-0.15, -0.1) is 0 Å². The Morgan fingerprint density at radius 2 is 2.62 bits per heavy atom. The summed E-state index contributed by atoms with van der Waals surface area (Å²) in [6, 6.07) is 0. The van der Waals surface area contributed by atoms with Gasteiger partial charge in [0.15, 0.2) is 0 Å². The molecule has 2 atom stereocenters. The Balaban J connectivity index is 2.14. The molecule has 0 saturated heterocycles. The number of aliphatic hydroxyl groups excluding tert-OH is 1. The molecule has 3 N–H and O–H groups in total. The molecule has 1 aromatic rings. The van der Waals surface area contributed by atoms with Crippen molar-refractivity contribution in [2.45, 2.75) is 12.3 Å². The summed E-state index contributed by atoms with van der Waals surface area (Å²) in [5.74, 6) is 0.302. The van der Waals surface area contributed by atoms with Crippen molar-refractivity contribution >= 4 is 0 Å². The molecule has 0 spiro atoms. The highest BCUT2D eigenvalue weighted by molar-refractivity contribution is 5.21. The average molecular weight is 182 g/mol. The van der Waals surface area contributed by atoms with Crippen LogP contribution in [0.5, 0.6) is 0 Å². The highest BCUT2D eigenvalue weighted by Gasteiger charge is 2.54. The van der Waals surface area contributed by atoms with Crippen molar-refractivity contribution in [2.24, 2.45) is 18.2 Å². The maximum absolute atomic E-state index is 9.16. The molecule has 1 fully saturated rings. The summed E-state index contributed by atoms with van der Waals surface area (Å²) in [7, 11) is 1.79. The fourth-order valence-corrected chi connectivity index (χ4v) is 1.75. The van der Waals surface area contributed by atoms with Crippen LogP contribution in [0.2, 0.25) is 0 Å². The van der Waals surface area contributed by atoms with E-state index in [4.69, 9.17) is 10.8 Å². The molecule has 1 aliphatic rings. The van der Waals surface area contributed by atoms with Gasteiger partial charge in [0, 0.05) is 24.9 Å². The second kappa shape index (κ2) is 2.78. The molecular weight excluding hydrogens is 168 g/mol. The number of aliphatic hydroxyl groups is 1. The van der Waals surface area contributed by atoms with E-state index in [-0.39, 0.29) is 12.0 Å². The molecule has 0 aliphatic heterocycles. The van der Waals surface area contributed by atoms with E-state index >= 15 is 0 Å². The summed E-state index contributed by atoms with van der Waals surface area (Å²) >= 11 is 0. The molecule has 5 heteroatoms. The Morgan fingerprint density at radius 1 is 1.85 bits per heavy atom. The fourth-order valence-electron chi connectivity index (χ4n) is 1.75. The van der Waals surface area contributed by atoms with E-state index in [1.54, 1.807) is 13.2 Å². The van der Waals surface area contributed by atoms with E-state index in [1.807, 2.05) is 0 Å². The lowest BCUT2D eigenvalue weighted by Crippen LogP contribution is -2.21. The van der Waals surface area contributed by atoms with E-state index in [9.17, 15) is 0 Å². The molecule has 13 heavy (non-hydrogen) atoms. The number of rotatable bonds is 3. The van der Waals surface area contributed by atoms with Crippen LogP contribution in [0, 0.1) is 5.41 Å². The third-order valence-electron chi connectivity index (χ3n) is 2.89. The summed E-state index contributed by atoms with van der Waals surface area (Å²) in [5.41, 5.74) is 6.43. The molecule has 1 aliphatic carbocycles. The number of aryl methyl sites for hydroxylation is 1. The topological polar surface area (TPSA) is 77.0 Å². The Hall–Kier alpha value is -0.940. The van der Waals surface area contributed by atoms with Crippen molar-refractivity contribution in [3.05, 3.63) is 11.9 Å². The summed E-state index contributed by atoms with van der Waals surface area (Å²) in [5, 5.41) is 17.4. The van der Waals surface area contributed by atoms with Gasteiger partial charge in [0.2, 0.25) is 0 Å². The summed E-state index contributed by atoms with van der Waals surface area (Å²) in [4.78, 5) is 1.53. The zero-order valence-corrected chi connectivity index (χ0v) is 7.64. The molecule has 5 nitrogen and oxygen atoms in total. The maximum atomic E-state index is 9.16. The average Bonchev–Trinajstić information content (AvgIpc) is 2.74. The van der Waals surface area contributed by atoms with Crippen LogP contribution in [0.3, 0.4) is 0 Å². The zero-order chi connectivity index (χ0) is 9.47. The van der Waals surface area contributed by atoms with Crippen LogP contribution in [0.25, 0.3) is 0 Å². The molecule has 1 aromatic heterocycles. The van der Waals surface area contributed by atoms with Crippen LogP contribution in [0.4, 0.5) is 0 Å². The monoisotopic (exact) mass is 182 g/mol. The van der Waals surface area contributed by atoms with Crippen molar-refractivity contribution in [1.29, 1.82) is 0 Å². The highest BCUT2D eigenvalue weighted by atomic mass is 16.3. The number of aromatic nitrogens is 3. The van der Waals surface area contributed by atoms with Crippen molar-refractivity contribution in [3.8, 4) is 0 Å². The summed E-state index contributed by atoms with van der Waals surface area (Å²) in [6.07, 6.45) is 2.68. The van der Waals surface area contributed by atoms with Gasteiger partial charge in [-0.1, -0.05) is 0 Å². The van der Waals surface area contributed by atoms with Gasteiger partial charge in [-0.3, -0.25) is 0 Å². The van der Waals surface area contributed by atoms with Gasteiger partial charge >= 0.3 is 0 Å². The lowest BCUT2D eigenvalue weighted by molar-refractivity contribution is 0.211. The number of hydrogen-bond acceptors (Lipinski definition) is 4. The van der Waals surface area contributed by atoms with Crippen LogP contribution in [0.15, 0.2) is 6.20 Å². The summed E-state index contributed by atoms with van der Waals surface area (Å²) in [6.45, 7) is 0.662.